The van der Waals surface area contributed by atoms with Gasteiger partial charge in [-0.25, -0.2) is 0 Å². The molecule has 0 N–H and O–H groups in total. The Labute approximate surface area is 278 Å². The minimum atomic E-state index is -3.55. The standard InChI is InChI=1S/C29H34Cl2O6Te.C3H5BrO2/c1-4-25(32)36-28-14-20-13-27(2,17-28)18-29(15-20,19-28)37-26(33)16-35-22-7-11-24(12-8-22)38(30,31)23-9-5-21(34-3)6-10-23;1-6-3(5)2-4/h5-12,20H,4,13-19H2,1-3H3;2H2,1H3. The molecule has 4 bridgehead atoms. The molecule has 44 heavy (non-hydrogen) atoms. The number of ether oxygens (including phenoxy) is 5. The zero-order valence-electron chi connectivity index (χ0n) is 25.4. The summed E-state index contributed by atoms with van der Waals surface area (Å²) in [6, 6.07) is 14.8. The van der Waals surface area contributed by atoms with Gasteiger partial charge >= 0.3 is 224 Å². The van der Waals surface area contributed by atoms with Gasteiger partial charge in [0.15, 0.2) is 0 Å². The van der Waals surface area contributed by atoms with Crippen LogP contribution in [-0.4, -0.2) is 71.2 Å². The first-order valence-electron chi connectivity index (χ1n) is 14.4. The molecule has 4 saturated carbocycles. The Morgan fingerprint density at radius 2 is 1.34 bits per heavy atom. The van der Waals surface area contributed by atoms with Gasteiger partial charge in [-0.15, -0.1) is 0 Å². The molecule has 0 spiro atoms. The van der Waals surface area contributed by atoms with Crippen LogP contribution in [0.3, 0.4) is 0 Å². The normalized spacial score (nSPS) is 26.9. The summed E-state index contributed by atoms with van der Waals surface area (Å²) in [6.45, 7) is 3.85. The van der Waals surface area contributed by atoms with E-state index in [0.29, 0.717) is 24.5 Å². The third kappa shape index (κ3) is 8.36. The summed E-state index contributed by atoms with van der Waals surface area (Å²) in [7, 11) is 16.7. The van der Waals surface area contributed by atoms with Crippen molar-refractivity contribution in [3.8, 4) is 11.5 Å². The van der Waals surface area contributed by atoms with E-state index in [0.717, 1.165) is 45.1 Å². The molecule has 242 valence electrons. The third-order valence-corrected chi connectivity index (χ3v) is 18.5. The largest absolute Gasteiger partial charge is 0.468 e. The zero-order valence-corrected chi connectivity index (χ0v) is 30.8. The smallest absolute Gasteiger partial charge is 0.316 e. The van der Waals surface area contributed by atoms with Crippen LogP contribution in [0.5, 0.6) is 11.5 Å². The van der Waals surface area contributed by atoms with Gasteiger partial charge in [-0.05, 0) is 0 Å². The van der Waals surface area contributed by atoms with Gasteiger partial charge in [-0.1, -0.05) is 22.9 Å². The maximum Gasteiger partial charge on any atom is 0.316 e. The maximum absolute atomic E-state index is 13.0. The van der Waals surface area contributed by atoms with Gasteiger partial charge in [-0.2, -0.15) is 0 Å². The van der Waals surface area contributed by atoms with Gasteiger partial charge in [-0.3, -0.25) is 9.59 Å². The first-order valence-corrected chi connectivity index (χ1v) is 23.8. The molecule has 0 heterocycles. The first kappa shape index (κ1) is 35.2. The topological polar surface area (TPSA) is 97.4 Å². The van der Waals surface area contributed by atoms with E-state index in [-0.39, 0.29) is 29.3 Å². The van der Waals surface area contributed by atoms with Gasteiger partial charge < -0.3 is 4.74 Å². The van der Waals surface area contributed by atoms with Crippen LogP contribution in [0.2, 0.25) is 0 Å². The minimum Gasteiger partial charge on any atom is -0.468 e. The van der Waals surface area contributed by atoms with Crippen LogP contribution in [0.1, 0.15) is 58.8 Å². The molecule has 2 aromatic rings. The van der Waals surface area contributed by atoms with Crippen LogP contribution in [0.15, 0.2) is 48.5 Å². The molecule has 6 rings (SSSR count). The Hall–Kier alpha value is -1.70. The molecule has 4 unspecified atom stereocenters. The summed E-state index contributed by atoms with van der Waals surface area (Å²) in [6.07, 6.45) is 5.33. The average molecular weight is 830 g/mol. The summed E-state index contributed by atoms with van der Waals surface area (Å²) in [5.41, 5.74) is -1.12. The van der Waals surface area contributed by atoms with E-state index in [1.165, 1.54) is 7.11 Å². The van der Waals surface area contributed by atoms with Gasteiger partial charge in [0.1, 0.15) is 5.33 Å². The van der Waals surface area contributed by atoms with Crippen molar-refractivity contribution in [2.75, 3.05) is 26.2 Å². The fraction of sp³-hybridized carbons (Fsp3) is 0.531. The van der Waals surface area contributed by atoms with E-state index in [1.54, 1.807) is 19.2 Å². The molecule has 4 aliphatic rings. The third-order valence-electron chi connectivity index (χ3n) is 8.36. The number of carbonyl (C=O) groups excluding carboxylic acids is 3. The van der Waals surface area contributed by atoms with Crippen molar-refractivity contribution in [2.24, 2.45) is 11.3 Å². The Kier molecular flexibility index (Phi) is 11.5. The van der Waals surface area contributed by atoms with Gasteiger partial charge in [0, 0.05) is 6.42 Å². The molecule has 8 nitrogen and oxygen atoms in total. The van der Waals surface area contributed by atoms with Gasteiger partial charge in [0.2, 0.25) is 0 Å². The van der Waals surface area contributed by atoms with Crippen molar-refractivity contribution in [2.45, 2.75) is 70.0 Å². The second kappa shape index (κ2) is 14.4. The summed E-state index contributed by atoms with van der Waals surface area (Å²) in [4.78, 5) is 35.1. The van der Waals surface area contributed by atoms with E-state index in [2.05, 4.69) is 27.6 Å². The summed E-state index contributed by atoms with van der Waals surface area (Å²) in [5, 5.41) is 0.281. The van der Waals surface area contributed by atoms with Crippen molar-refractivity contribution in [1.29, 1.82) is 0 Å². The van der Waals surface area contributed by atoms with Crippen LogP contribution in [0.4, 0.5) is 0 Å². The van der Waals surface area contributed by atoms with Crippen molar-refractivity contribution in [3.05, 3.63) is 48.5 Å². The van der Waals surface area contributed by atoms with Crippen molar-refractivity contribution < 1.29 is 38.1 Å². The summed E-state index contributed by atoms with van der Waals surface area (Å²) in [5.74, 6) is 0.851. The first-order chi connectivity index (χ1) is 20.8. The number of rotatable bonds is 10. The monoisotopic (exact) mass is 830 g/mol. The van der Waals surface area contributed by atoms with Crippen LogP contribution in [0.25, 0.3) is 0 Å². The Balaban J connectivity index is 0.000000670. The van der Waals surface area contributed by atoms with Crippen molar-refractivity contribution in [3.63, 3.8) is 0 Å². The van der Waals surface area contributed by atoms with E-state index in [9.17, 15) is 14.4 Å². The fourth-order valence-corrected chi connectivity index (χ4v) is 13.8. The van der Waals surface area contributed by atoms with Crippen LogP contribution in [-0.2, 0) is 28.6 Å². The van der Waals surface area contributed by atoms with Crippen LogP contribution in [0, 0.1) is 11.3 Å². The zero-order chi connectivity index (χ0) is 32.2. The molecule has 4 atom stereocenters. The minimum absolute atomic E-state index is 0.00916. The number of carbonyl (C=O) groups is 3. The number of alkyl halides is 1. The molecule has 12 heteroatoms. The molecule has 4 fully saturated rings. The number of benzene rings is 2. The fourth-order valence-electron chi connectivity index (χ4n) is 7.33. The van der Waals surface area contributed by atoms with E-state index < -0.39 is 33.1 Å². The Morgan fingerprint density at radius 1 is 0.818 bits per heavy atom. The SMILES string of the molecule is CCC(=O)OC12CC3CC(C)(C1)CC(OC(=O)COc1ccc([Te](Cl)(Cl)c4ccc(OC)cc4)cc1)(C3)C2.COC(=O)CBr. The Bertz CT molecular complexity index is 1330. The second-order valence-electron chi connectivity index (χ2n) is 12.1. The molecular formula is C32H39BrCl2O8Te. The summed E-state index contributed by atoms with van der Waals surface area (Å²) < 4.78 is 29.1. The predicted molar refractivity (Wildman–Crippen MR) is 175 cm³/mol. The quantitative estimate of drug-likeness (QED) is 0.132. The molecule has 0 aliphatic heterocycles. The molecule has 0 aromatic heterocycles. The molecule has 0 amide bonds. The Morgan fingerprint density at radius 3 is 1.77 bits per heavy atom. The molecule has 2 aromatic carbocycles. The van der Waals surface area contributed by atoms with Crippen LogP contribution >= 0.6 is 33.9 Å². The van der Waals surface area contributed by atoms with Gasteiger partial charge in [0.25, 0.3) is 0 Å². The molecule has 0 radical (unpaired) electrons. The number of halogens is 3. The predicted octanol–water partition coefficient (Wildman–Crippen LogP) is 5.64. The van der Waals surface area contributed by atoms with E-state index in [1.807, 2.05) is 43.3 Å². The number of hydrogen-bond acceptors (Lipinski definition) is 8. The maximum atomic E-state index is 13.0. The number of methoxy groups -OCH3 is 2. The van der Waals surface area contributed by atoms with Gasteiger partial charge in [0.05, 0.1) is 7.11 Å². The summed E-state index contributed by atoms with van der Waals surface area (Å²) >= 11 is -0.645. The molecular weight excluding hydrogens is 791 g/mol. The van der Waals surface area contributed by atoms with E-state index >= 15 is 0 Å². The van der Waals surface area contributed by atoms with Crippen LogP contribution < -0.4 is 16.7 Å². The number of esters is 3. The number of hydrogen-bond donors (Lipinski definition) is 0. The molecule has 0 saturated heterocycles. The van der Waals surface area contributed by atoms with E-state index in [4.69, 9.17) is 36.9 Å². The second-order valence-corrected chi connectivity index (χ2v) is 25.3. The van der Waals surface area contributed by atoms with Crippen molar-refractivity contribution >= 4 is 74.9 Å². The average Bonchev–Trinajstić information content (AvgIpc) is 2.98. The van der Waals surface area contributed by atoms with Crippen molar-refractivity contribution in [1.82, 2.24) is 0 Å². The molecule has 4 aliphatic carbocycles.